The fourth-order valence-electron chi connectivity index (χ4n) is 2.60. The maximum atomic E-state index is 12.6. The highest BCUT2D eigenvalue weighted by Crippen LogP contribution is 2.36. The molecule has 0 saturated heterocycles. The Hall–Kier alpha value is -1.60. The molecule has 0 aliphatic carbocycles. The zero-order chi connectivity index (χ0) is 17.6. The predicted molar refractivity (Wildman–Crippen MR) is 97.0 cm³/mol. The zero-order valence-electron chi connectivity index (χ0n) is 13.3. The fourth-order valence-corrected chi connectivity index (χ4v) is 4.27. The largest absolute Gasteiger partial charge is 0.260 e. The smallest absolute Gasteiger partial charge is 0.255 e. The Bertz CT molecular complexity index is 1040. The number of halogens is 2. The van der Waals surface area contributed by atoms with E-state index in [1.165, 1.54) is 23.1 Å². The summed E-state index contributed by atoms with van der Waals surface area (Å²) in [6, 6.07) is 10.6. The monoisotopic (exact) mass is 383 g/mol. The number of hydrogen-bond acceptors (Lipinski definition) is 3. The number of rotatable bonds is 3. The van der Waals surface area contributed by atoms with Gasteiger partial charge in [-0.15, -0.1) is 0 Å². The molecule has 126 valence electrons. The summed E-state index contributed by atoms with van der Waals surface area (Å²) >= 11 is 12.3. The number of sulfonamides is 1. The number of nitrogens with zero attached hydrogens (tertiary/aromatic N) is 3. The van der Waals surface area contributed by atoms with Crippen LogP contribution < -0.4 is 0 Å². The van der Waals surface area contributed by atoms with Crippen LogP contribution in [-0.2, 0) is 17.1 Å². The molecular weight excluding hydrogens is 369 g/mol. The molecule has 24 heavy (non-hydrogen) atoms. The van der Waals surface area contributed by atoms with Crippen molar-refractivity contribution in [3.8, 4) is 11.1 Å². The summed E-state index contributed by atoms with van der Waals surface area (Å²) < 4.78 is 27.8. The van der Waals surface area contributed by atoms with Crippen LogP contribution in [0.1, 0.15) is 0 Å². The van der Waals surface area contributed by atoms with Crippen LogP contribution in [0.5, 0.6) is 0 Å². The van der Waals surface area contributed by atoms with Gasteiger partial charge in [0.05, 0.1) is 0 Å². The van der Waals surface area contributed by atoms with Crippen molar-refractivity contribution < 1.29 is 8.42 Å². The molecule has 0 aliphatic rings. The molecule has 0 fully saturated rings. The first-order valence-corrected chi connectivity index (χ1v) is 9.26. The molecule has 0 aliphatic heterocycles. The maximum Gasteiger partial charge on any atom is 0.260 e. The van der Waals surface area contributed by atoms with Crippen LogP contribution in [-0.4, -0.2) is 36.6 Å². The molecule has 1 heterocycles. The number of aryl methyl sites for hydroxylation is 1. The van der Waals surface area contributed by atoms with E-state index in [0.717, 1.165) is 11.1 Å². The molecular formula is C16H15Cl2N3O2S. The van der Waals surface area contributed by atoms with Crippen LogP contribution in [0, 0.1) is 0 Å². The molecule has 0 radical (unpaired) electrons. The lowest BCUT2D eigenvalue weighted by Gasteiger charge is -2.11. The second kappa shape index (κ2) is 6.04. The van der Waals surface area contributed by atoms with Crippen molar-refractivity contribution in [3.63, 3.8) is 0 Å². The predicted octanol–water partition coefficient (Wildman–Crippen LogP) is 3.80. The first kappa shape index (κ1) is 17.2. The van der Waals surface area contributed by atoms with E-state index in [2.05, 4.69) is 5.10 Å². The number of hydrogen-bond donors (Lipinski definition) is 0. The SMILES string of the molecule is CN(C)S(=O)(=O)c1c2cccc(-c3ccc(Cl)cc3Cl)c2nn1C. The lowest BCUT2D eigenvalue weighted by Crippen LogP contribution is -2.24. The van der Waals surface area contributed by atoms with Gasteiger partial charge in [0.25, 0.3) is 10.0 Å². The summed E-state index contributed by atoms with van der Waals surface area (Å²) in [5, 5.41) is 6.14. The molecule has 3 rings (SSSR count). The molecule has 0 N–H and O–H groups in total. The van der Waals surface area contributed by atoms with Crippen molar-refractivity contribution >= 4 is 44.1 Å². The average Bonchev–Trinajstić information content (AvgIpc) is 2.83. The Kier molecular flexibility index (Phi) is 4.34. The van der Waals surface area contributed by atoms with Gasteiger partial charge in [0.1, 0.15) is 5.52 Å². The third-order valence-electron chi connectivity index (χ3n) is 3.76. The molecule has 0 unspecified atom stereocenters. The molecule has 0 spiro atoms. The Morgan fingerprint density at radius 1 is 1.08 bits per heavy atom. The van der Waals surface area contributed by atoms with Gasteiger partial charge in [-0.1, -0.05) is 41.4 Å². The van der Waals surface area contributed by atoms with Crippen molar-refractivity contribution in [2.45, 2.75) is 5.03 Å². The van der Waals surface area contributed by atoms with Gasteiger partial charge in [-0.3, -0.25) is 4.68 Å². The third kappa shape index (κ3) is 2.69. The first-order chi connectivity index (χ1) is 11.2. The minimum atomic E-state index is -3.63. The molecule has 0 atom stereocenters. The van der Waals surface area contributed by atoms with E-state index < -0.39 is 10.0 Å². The normalized spacial score (nSPS) is 12.2. The quantitative estimate of drug-likeness (QED) is 0.690. The highest BCUT2D eigenvalue weighted by molar-refractivity contribution is 7.89. The van der Waals surface area contributed by atoms with Crippen LogP contribution in [0.2, 0.25) is 10.0 Å². The van der Waals surface area contributed by atoms with E-state index in [4.69, 9.17) is 23.2 Å². The summed E-state index contributed by atoms with van der Waals surface area (Å²) in [6.07, 6.45) is 0. The molecule has 5 nitrogen and oxygen atoms in total. The van der Waals surface area contributed by atoms with Gasteiger partial charge < -0.3 is 0 Å². The summed E-state index contributed by atoms with van der Waals surface area (Å²) in [5.41, 5.74) is 2.08. The molecule has 8 heteroatoms. The molecule has 2 aromatic carbocycles. The van der Waals surface area contributed by atoms with Crippen LogP contribution in [0.3, 0.4) is 0 Å². The fraction of sp³-hybridized carbons (Fsp3) is 0.188. The maximum absolute atomic E-state index is 12.6. The highest BCUT2D eigenvalue weighted by Gasteiger charge is 2.26. The minimum Gasteiger partial charge on any atom is -0.255 e. The van der Waals surface area contributed by atoms with E-state index in [1.807, 2.05) is 6.07 Å². The third-order valence-corrected chi connectivity index (χ3v) is 6.24. The van der Waals surface area contributed by atoms with Gasteiger partial charge in [0.2, 0.25) is 0 Å². The Morgan fingerprint density at radius 3 is 2.42 bits per heavy atom. The number of aromatic nitrogens is 2. The van der Waals surface area contributed by atoms with Gasteiger partial charge in [0.15, 0.2) is 5.03 Å². The highest BCUT2D eigenvalue weighted by atomic mass is 35.5. The van der Waals surface area contributed by atoms with E-state index in [0.29, 0.717) is 20.9 Å². The van der Waals surface area contributed by atoms with Crippen molar-refractivity contribution in [1.29, 1.82) is 0 Å². The molecule has 3 aromatic rings. The molecule has 0 saturated carbocycles. The van der Waals surface area contributed by atoms with Gasteiger partial charge in [-0.05, 0) is 18.2 Å². The van der Waals surface area contributed by atoms with Gasteiger partial charge >= 0.3 is 0 Å². The van der Waals surface area contributed by atoms with E-state index in [1.54, 1.807) is 37.4 Å². The van der Waals surface area contributed by atoms with Crippen molar-refractivity contribution in [1.82, 2.24) is 14.1 Å². The molecule has 1 aromatic heterocycles. The van der Waals surface area contributed by atoms with Crippen LogP contribution in [0.4, 0.5) is 0 Å². The Balaban J connectivity index is 2.35. The lowest BCUT2D eigenvalue weighted by molar-refractivity contribution is 0.508. The summed E-state index contributed by atoms with van der Waals surface area (Å²) in [5.74, 6) is 0. The Labute approximate surface area is 150 Å². The lowest BCUT2D eigenvalue weighted by atomic mass is 10.0. The molecule has 0 amide bonds. The number of fused-ring (bicyclic) bond motifs is 1. The summed E-state index contributed by atoms with van der Waals surface area (Å²) in [6.45, 7) is 0. The molecule has 0 bridgehead atoms. The van der Waals surface area contributed by atoms with Crippen LogP contribution in [0.15, 0.2) is 41.4 Å². The first-order valence-electron chi connectivity index (χ1n) is 7.07. The topological polar surface area (TPSA) is 55.2 Å². The van der Waals surface area contributed by atoms with Crippen molar-refractivity contribution in [3.05, 3.63) is 46.4 Å². The number of benzene rings is 2. The Morgan fingerprint density at radius 2 is 1.79 bits per heavy atom. The van der Waals surface area contributed by atoms with Gasteiger partial charge in [-0.25, -0.2) is 12.7 Å². The van der Waals surface area contributed by atoms with Gasteiger partial charge in [-0.2, -0.15) is 5.10 Å². The standard InChI is InChI=1S/C16H15Cl2N3O2S/c1-20(2)24(22,23)16-13-6-4-5-12(15(13)19-21(16)3)11-8-7-10(17)9-14(11)18/h4-9H,1-3H3. The summed E-state index contributed by atoms with van der Waals surface area (Å²) in [4.78, 5) is 0. The summed E-state index contributed by atoms with van der Waals surface area (Å²) in [7, 11) is 0.976. The van der Waals surface area contributed by atoms with E-state index in [9.17, 15) is 8.42 Å². The second-order valence-electron chi connectivity index (χ2n) is 5.54. The van der Waals surface area contributed by atoms with E-state index >= 15 is 0 Å². The minimum absolute atomic E-state index is 0.148. The van der Waals surface area contributed by atoms with Crippen molar-refractivity contribution in [2.75, 3.05) is 14.1 Å². The zero-order valence-corrected chi connectivity index (χ0v) is 15.6. The average molecular weight is 384 g/mol. The van der Waals surface area contributed by atoms with Crippen LogP contribution in [0.25, 0.3) is 22.0 Å². The van der Waals surface area contributed by atoms with Gasteiger partial charge in [0, 0.05) is 47.7 Å². The van der Waals surface area contributed by atoms with Crippen molar-refractivity contribution in [2.24, 2.45) is 7.05 Å². The van der Waals surface area contributed by atoms with Crippen LogP contribution >= 0.6 is 23.2 Å². The second-order valence-corrected chi connectivity index (χ2v) is 8.45. The van der Waals surface area contributed by atoms with E-state index in [-0.39, 0.29) is 5.03 Å².